The Kier molecular flexibility index (Phi) is 3.49. The van der Waals surface area contributed by atoms with Gasteiger partial charge in [-0.05, 0) is 6.07 Å². The van der Waals surface area contributed by atoms with Gasteiger partial charge in [-0.25, -0.2) is 0 Å². The fourth-order valence-electron chi connectivity index (χ4n) is 2.05. The summed E-state index contributed by atoms with van der Waals surface area (Å²) < 4.78 is 15.4. The maximum Gasteiger partial charge on any atom is 0.229 e. The van der Waals surface area contributed by atoms with E-state index in [1.54, 1.807) is 6.26 Å². The fraction of sp³-hybridized carbons (Fsp3) is 0.286. The third kappa shape index (κ3) is 2.43. The molecule has 0 saturated heterocycles. The summed E-state index contributed by atoms with van der Waals surface area (Å²) in [5, 5.41) is 14.5. The molecule has 2 heterocycles. The van der Waals surface area contributed by atoms with Crippen LogP contribution in [0, 0.1) is 0 Å². The highest BCUT2D eigenvalue weighted by Crippen LogP contribution is 2.28. The van der Waals surface area contributed by atoms with Crippen molar-refractivity contribution >= 4 is 11.0 Å². The van der Waals surface area contributed by atoms with E-state index >= 15 is 0 Å². The van der Waals surface area contributed by atoms with Crippen molar-refractivity contribution in [3.05, 3.63) is 36.4 Å². The summed E-state index contributed by atoms with van der Waals surface area (Å²) in [6.45, 7) is 0.229. The molecule has 0 saturated carbocycles. The molecule has 0 bridgehead atoms. The maximum absolute atomic E-state index is 9.64. The lowest BCUT2D eigenvalue weighted by Gasteiger charge is -2.04. The van der Waals surface area contributed by atoms with Crippen molar-refractivity contribution in [1.82, 2.24) is 10.1 Å². The van der Waals surface area contributed by atoms with Gasteiger partial charge in [0.1, 0.15) is 11.8 Å². The minimum atomic E-state index is -0.658. The number of ether oxygens (including phenoxy) is 1. The van der Waals surface area contributed by atoms with Gasteiger partial charge in [-0.1, -0.05) is 23.4 Å². The first-order valence-corrected chi connectivity index (χ1v) is 6.24. The van der Waals surface area contributed by atoms with E-state index in [1.165, 1.54) is 7.11 Å². The normalized spacial score (nSPS) is 12.9. The minimum Gasteiger partial charge on any atom is -0.464 e. The number of rotatable bonds is 5. The number of aliphatic hydroxyl groups excluding tert-OH is 1. The third-order valence-corrected chi connectivity index (χ3v) is 2.96. The fourth-order valence-corrected chi connectivity index (χ4v) is 2.05. The van der Waals surface area contributed by atoms with Crippen LogP contribution in [0.15, 0.2) is 39.5 Å². The average Bonchev–Trinajstić information content (AvgIpc) is 3.05. The van der Waals surface area contributed by atoms with Gasteiger partial charge in [0.05, 0.1) is 24.7 Å². The van der Waals surface area contributed by atoms with Crippen molar-refractivity contribution in [1.29, 1.82) is 0 Å². The lowest BCUT2D eigenvalue weighted by atomic mass is 10.2. The second-order valence-corrected chi connectivity index (χ2v) is 4.47. The second-order valence-electron chi connectivity index (χ2n) is 4.47. The number of furan rings is 1. The molecule has 3 aromatic rings. The Morgan fingerprint density at radius 1 is 1.35 bits per heavy atom. The molecule has 1 aromatic carbocycles. The highest BCUT2D eigenvalue weighted by molar-refractivity contribution is 5.91. The Morgan fingerprint density at radius 2 is 2.20 bits per heavy atom. The van der Waals surface area contributed by atoms with Gasteiger partial charge in [-0.15, -0.1) is 0 Å². The standard InChI is InChI=1S/C14H14N2O4/c1-18-7-9(17)6-13-15-14(16-20-13)11-8-19-12-5-3-2-4-10(11)12/h2-5,8-9,17H,6-7H2,1H3. The van der Waals surface area contributed by atoms with Crippen LogP contribution in [0.5, 0.6) is 0 Å². The van der Waals surface area contributed by atoms with Crippen molar-refractivity contribution < 1.29 is 18.8 Å². The molecular weight excluding hydrogens is 260 g/mol. The third-order valence-electron chi connectivity index (χ3n) is 2.96. The van der Waals surface area contributed by atoms with Crippen molar-refractivity contribution in [2.45, 2.75) is 12.5 Å². The highest BCUT2D eigenvalue weighted by atomic mass is 16.5. The largest absolute Gasteiger partial charge is 0.464 e. The number of aromatic nitrogens is 2. The number of methoxy groups -OCH3 is 1. The SMILES string of the molecule is COCC(O)Cc1nc(-c2coc3ccccc23)no1. The first kappa shape index (κ1) is 12.8. The molecule has 0 radical (unpaired) electrons. The van der Waals surface area contributed by atoms with Gasteiger partial charge in [-0.2, -0.15) is 4.98 Å². The van der Waals surface area contributed by atoms with E-state index in [-0.39, 0.29) is 13.0 Å². The molecule has 0 aliphatic rings. The Labute approximate surface area is 115 Å². The molecule has 6 nitrogen and oxygen atoms in total. The molecule has 0 fully saturated rings. The van der Waals surface area contributed by atoms with Gasteiger partial charge in [0, 0.05) is 12.5 Å². The molecule has 0 spiro atoms. The number of benzene rings is 1. The smallest absolute Gasteiger partial charge is 0.229 e. The van der Waals surface area contributed by atoms with Crippen LogP contribution in [0.25, 0.3) is 22.4 Å². The van der Waals surface area contributed by atoms with Crippen LogP contribution in [0.3, 0.4) is 0 Å². The van der Waals surface area contributed by atoms with Crippen LogP contribution in [-0.2, 0) is 11.2 Å². The summed E-state index contributed by atoms with van der Waals surface area (Å²) in [5.41, 5.74) is 1.55. The van der Waals surface area contributed by atoms with Gasteiger partial charge in [0.2, 0.25) is 11.7 Å². The van der Waals surface area contributed by atoms with Gasteiger partial charge in [0.15, 0.2) is 0 Å². The van der Waals surface area contributed by atoms with E-state index in [2.05, 4.69) is 10.1 Å². The second kappa shape index (κ2) is 5.44. The summed E-state index contributed by atoms with van der Waals surface area (Å²) in [5.74, 6) is 0.824. The van der Waals surface area contributed by atoms with Crippen LogP contribution in [0.4, 0.5) is 0 Å². The quantitative estimate of drug-likeness (QED) is 0.766. The van der Waals surface area contributed by atoms with Crippen molar-refractivity contribution in [2.75, 3.05) is 13.7 Å². The molecule has 1 N–H and O–H groups in total. The number of nitrogens with zero attached hydrogens (tertiary/aromatic N) is 2. The molecule has 2 aromatic heterocycles. The van der Waals surface area contributed by atoms with Crippen LogP contribution in [0.1, 0.15) is 5.89 Å². The first-order chi connectivity index (χ1) is 9.78. The Hall–Kier alpha value is -2.18. The Morgan fingerprint density at radius 3 is 3.05 bits per heavy atom. The molecule has 3 rings (SSSR count). The average molecular weight is 274 g/mol. The monoisotopic (exact) mass is 274 g/mol. The highest BCUT2D eigenvalue weighted by Gasteiger charge is 2.16. The topological polar surface area (TPSA) is 81.5 Å². The summed E-state index contributed by atoms with van der Waals surface area (Å²) in [6.07, 6.45) is 1.20. The van der Waals surface area contributed by atoms with Crippen molar-refractivity contribution in [3.8, 4) is 11.4 Å². The molecule has 0 aliphatic carbocycles. The van der Waals surface area contributed by atoms with Crippen molar-refractivity contribution in [3.63, 3.8) is 0 Å². The number of fused-ring (bicyclic) bond motifs is 1. The molecule has 0 amide bonds. The molecule has 1 atom stereocenters. The van der Waals surface area contributed by atoms with E-state index in [9.17, 15) is 5.11 Å². The zero-order valence-electron chi connectivity index (χ0n) is 10.9. The van der Waals surface area contributed by atoms with E-state index < -0.39 is 6.10 Å². The molecule has 20 heavy (non-hydrogen) atoms. The first-order valence-electron chi connectivity index (χ1n) is 6.24. The van der Waals surface area contributed by atoms with Crippen molar-refractivity contribution in [2.24, 2.45) is 0 Å². The summed E-state index contributed by atoms with van der Waals surface area (Å²) in [4.78, 5) is 4.27. The van der Waals surface area contributed by atoms with E-state index in [0.717, 1.165) is 16.5 Å². The molecule has 104 valence electrons. The predicted molar refractivity (Wildman–Crippen MR) is 71.1 cm³/mol. The molecule has 1 unspecified atom stereocenters. The Bertz CT molecular complexity index is 704. The van der Waals surface area contributed by atoms with E-state index in [1.807, 2.05) is 24.3 Å². The van der Waals surface area contributed by atoms with Gasteiger partial charge in [-0.3, -0.25) is 0 Å². The molecular formula is C14H14N2O4. The summed E-state index contributed by atoms with van der Waals surface area (Å²) in [6, 6.07) is 7.63. The van der Waals surface area contributed by atoms with E-state index in [4.69, 9.17) is 13.7 Å². The van der Waals surface area contributed by atoms with Gasteiger partial charge in [0.25, 0.3) is 0 Å². The Balaban J connectivity index is 1.86. The number of aliphatic hydroxyl groups is 1. The predicted octanol–water partition coefficient (Wildman–Crippen LogP) is 2.03. The van der Waals surface area contributed by atoms with Crippen LogP contribution >= 0.6 is 0 Å². The van der Waals surface area contributed by atoms with Crippen LogP contribution in [0.2, 0.25) is 0 Å². The lowest BCUT2D eigenvalue weighted by molar-refractivity contribution is 0.0599. The zero-order valence-corrected chi connectivity index (χ0v) is 10.9. The summed E-state index contributed by atoms with van der Waals surface area (Å²) >= 11 is 0. The van der Waals surface area contributed by atoms with Crippen LogP contribution < -0.4 is 0 Å². The maximum atomic E-state index is 9.64. The minimum absolute atomic E-state index is 0.229. The van der Waals surface area contributed by atoms with Gasteiger partial charge < -0.3 is 18.8 Å². The number of hydrogen-bond acceptors (Lipinski definition) is 6. The summed E-state index contributed by atoms with van der Waals surface area (Å²) in [7, 11) is 1.53. The molecule has 6 heteroatoms. The van der Waals surface area contributed by atoms with Gasteiger partial charge >= 0.3 is 0 Å². The number of para-hydroxylation sites is 1. The lowest BCUT2D eigenvalue weighted by Crippen LogP contribution is -2.17. The van der Waals surface area contributed by atoms with E-state index in [0.29, 0.717) is 11.7 Å². The molecule has 0 aliphatic heterocycles. The zero-order chi connectivity index (χ0) is 13.9. The number of hydrogen-bond donors (Lipinski definition) is 1. The van der Waals surface area contributed by atoms with Crippen LogP contribution in [-0.4, -0.2) is 35.1 Å².